The number of hydrogen-bond donors (Lipinski definition) is 7. The number of rotatable bonds is 10. The molecule has 1 rings (SSSR count). The smallest absolute Gasteiger partial charge is 0.334 e. The van der Waals surface area contributed by atoms with Gasteiger partial charge in [0.25, 0.3) is 0 Å². The van der Waals surface area contributed by atoms with Gasteiger partial charge in [0.2, 0.25) is 11.8 Å². The number of carbonyl (C=O) groups excluding carboxylic acids is 3. The molecule has 0 aromatic rings. The molecule has 160 valence electrons. The lowest BCUT2D eigenvalue weighted by Gasteiger charge is -2.16. The van der Waals surface area contributed by atoms with Gasteiger partial charge in [0.15, 0.2) is 0 Å². The molecule has 1 saturated heterocycles. The Morgan fingerprint density at radius 2 is 1.86 bits per heavy atom. The molecule has 0 spiro atoms. The second-order valence-electron chi connectivity index (χ2n) is 5.80. The molecule has 2 amide bonds. The number of carbonyl (C=O) groups is 5. The van der Waals surface area contributed by atoms with Crippen LogP contribution in [0.15, 0.2) is 0 Å². The fourth-order valence-electron chi connectivity index (χ4n) is 1.48. The first-order valence-corrected chi connectivity index (χ1v) is 9.83. The standard InChI is InChI=1S/C10H17N3O6S.C4H6O2S2/c11-5(10(18)19)1-2-7(14)13-6(4-20)9(17)12-3-8(15)16;1-4(2-8-4)3(5)6-7/h5-6,20H,1-4,11H2,(H,12,17)(H,13,14)(H,15,16)(H,18,19);7H,2H2,1H3/t5-,6-;/m0./s1. The number of carboxylic acids is 2. The Bertz CT molecular complexity index is 600. The SMILES string of the molecule is CC1(C(=O)OS)CS1.N[C@@H](CCC(=O)N[C@@H](CS)C(=O)NCC(=O)O)C(=O)O. The van der Waals surface area contributed by atoms with E-state index in [1.807, 2.05) is 6.92 Å². The molecule has 0 aromatic carbocycles. The van der Waals surface area contributed by atoms with Crippen molar-refractivity contribution >= 4 is 67.0 Å². The van der Waals surface area contributed by atoms with Gasteiger partial charge < -0.3 is 30.8 Å². The maximum atomic E-state index is 11.5. The Morgan fingerprint density at radius 1 is 1.29 bits per heavy atom. The Kier molecular flexibility index (Phi) is 12.0. The predicted molar refractivity (Wildman–Crippen MR) is 107 cm³/mol. The first-order valence-electron chi connectivity index (χ1n) is 7.84. The molecule has 1 fully saturated rings. The van der Waals surface area contributed by atoms with Gasteiger partial charge in [-0.25, -0.2) is 4.79 Å². The highest BCUT2D eigenvalue weighted by molar-refractivity contribution is 8.08. The van der Waals surface area contributed by atoms with E-state index >= 15 is 0 Å². The van der Waals surface area contributed by atoms with Gasteiger partial charge in [-0.15, -0.1) is 11.8 Å². The fraction of sp³-hybridized carbons (Fsp3) is 0.643. The van der Waals surface area contributed by atoms with Crippen LogP contribution in [-0.2, 0) is 28.2 Å². The van der Waals surface area contributed by atoms with Crippen molar-refractivity contribution in [3.63, 3.8) is 0 Å². The summed E-state index contributed by atoms with van der Waals surface area (Å²) in [5.74, 6) is -3.07. The van der Waals surface area contributed by atoms with Crippen LogP contribution in [0.3, 0.4) is 0 Å². The summed E-state index contributed by atoms with van der Waals surface area (Å²) in [6.07, 6.45) is -0.235. The summed E-state index contributed by atoms with van der Waals surface area (Å²) < 4.78 is 3.95. The number of hydrogen-bond acceptors (Lipinski definition) is 10. The van der Waals surface area contributed by atoms with Crippen molar-refractivity contribution < 1.29 is 38.4 Å². The minimum atomic E-state index is -1.22. The minimum Gasteiger partial charge on any atom is -0.480 e. The van der Waals surface area contributed by atoms with Gasteiger partial charge in [-0.3, -0.25) is 19.2 Å². The second kappa shape index (κ2) is 12.7. The van der Waals surface area contributed by atoms with E-state index in [1.54, 1.807) is 11.8 Å². The summed E-state index contributed by atoms with van der Waals surface area (Å²) >= 11 is 8.84. The van der Waals surface area contributed by atoms with Crippen molar-refractivity contribution in [2.45, 2.75) is 36.6 Å². The predicted octanol–water partition coefficient (Wildman–Crippen LogP) is -1.33. The number of carboxylic acid groups (broad SMARTS) is 2. The summed E-state index contributed by atoms with van der Waals surface area (Å²) in [4.78, 5) is 54.3. The lowest BCUT2D eigenvalue weighted by Crippen LogP contribution is -2.49. The molecule has 14 heteroatoms. The van der Waals surface area contributed by atoms with Crippen LogP contribution in [0, 0.1) is 0 Å². The van der Waals surface area contributed by atoms with Crippen LogP contribution in [0.2, 0.25) is 0 Å². The molecule has 0 aromatic heterocycles. The van der Waals surface area contributed by atoms with Crippen LogP contribution >= 0.6 is 37.3 Å². The average Bonchev–Trinajstić information content (AvgIpc) is 3.40. The van der Waals surface area contributed by atoms with Gasteiger partial charge in [0, 0.05) is 30.8 Å². The first kappa shape index (κ1) is 26.4. The van der Waals surface area contributed by atoms with Gasteiger partial charge in [0.1, 0.15) is 23.4 Å². The van der Waals surface area contributed by atoms with E-state index in [-0.39, 0.29) is 29.3 Å². The van der Waals surface area contributed by atoms with E-state index in [0.717, 1.165) is 5.75 Å². The molecule has 28 heavy (non-hydrogen) atoms. The van der Waals surface area contributed by atoms with Crippen molar-refractivity contribution in [3.05, 3.63) is 0 Å². The van der Waals surface area contributed by atoms with Crippen LogP contribution in [0.4, 0.5) is 0 Å². The number of thiol groups is 2. The summed E-state index contributed by atoms with van der Waals surface area (Å²) in [6, 6.07) is -2.15. The molecule has 0 saturated carbocycles. The molecular formula is C14H23N3O8S3. The van der Waals surface area contributed by atoms with Crippen LogP contribution in [-0.4, -0.2) is 74.8 Å². The highest BCUT2D eigenvalue weighted by atomic mass is 32.2. The Morgan fingerprint density at radius 3 is 2.21 bits per heavy atom. The third kappa shape index (κ3) is 10.6. The maximum absolute atomic E-state index is 11.5. The van der Waals surface area contributed by atoms with Gasteiger partial charge in [-0.05, 0) is 13.3 Å². The van der Waals surface area contributed by atoms with Gasteiger partial charge in [-0.2, -0.15) is 12.6 Å². The molecule has 0 bridgehead atoms. The molecule has 1 heterocycles. The maximum Gasteiger partial charge on any atom is 0.334 e. The molecule has 0 aliphatic carbocycles. The largest absolute Gasteiger partial charge is 0.480 e. The number of amides is 2. The molecule has 1 aliphatic rings. The highest BCUT2D eigenvalue weighted by Crippen LogP contribution is 2.45. The lowest BCUT2D eigenvalue weighted by atomic mass is 10.1. The zero-order chi connectivity index (χ0) is 21.9. The lowest BCUT2D eigenvalue weighted by molar-refractivity contribution is -0.139. The number of nitrogens with two attached hydrogens (primary N) is 1. The van der Waals surface area contributed by atoms with Crippen LogP contribution in [0.1, 0.15) is 19.8 Å². The zero-order valence-electron chi connectivity index (χ0n) is 14.9. The molecule has 3 atom stereocenters. The van der Waals surface area contributed by atoms with E-state index in [1.165, 1.54) is 0 Å². The zero-order valence-corrected chi connectivity index (χ0v) is 17.5. The molecule has 0 radical (unpaired) electrons. The van der Waals surface area contributed by atoms with E-state index in [4.69, 9.17) is 15.9 Å². The number of thioether (sulfide) groups is 1. The molecule has 6 N–H and O–H groups in total. The quantitative estimate of drug-likeness (QED) is 0.118. The average molecular weight is 458 g/mol. The summed E-state index contributed by atoms with van der Waals surface area (Å²) in [7, 11) is 0. The third-order valence-corrected chi connectivity index (χ3v) is 5.19. The number of aliphatic carboxylic acids is 2. The Labute approximate surface area is 176 Å². The van der Waals surface area contributed by atoms with Gasteiger partial charge in [0.05, 0.1) is 0 Å². The van der Waals surface area contributed by atoms with Crippen LogP contribution in [0.25, 0.3) is 0 Å². The second-order valence-corrected chi connectivity index (χ2v) is 7.82. The number of nitrogens with one attached hydrogen (secondary N) is 2. The Balaban J connectivity index is 0.000000749. The highest BCUT2D eigenvalue weighted by Gasteiger charge is 2.47. The Hall–Kier alpha value is -1.64. The minimum absolute atomic E-state index is 0.0256. The fourth-order valence-corrected chi connectivity index (χ4v) is 2.49. The third-order valence-electron chi connectivity index (χ3n) is 3.34. The monoisotopic (exact) mass is 457 g/mol. The molecule has 1 aliphatic heterocycles. The first-order chi connectivity index (χ1) is 13.0. The van der Waals surface area contributed by atoms with E-state index in [2.05, 4.69) is 40.4 Å². The van der Waals surface area contributed by atoms with Crippen molar-refractivity contribution in [2.24, 2.45) is 5.73 Å². The summed E-state index contributed by atoms with van der Waals surface area (Å²) in [5.41, 5.74) is 5.23. The van der Waals surface area contributed by atoms with Crippen LogP contribution in [0.5, 0.6) is 0 Å². The summed E-state index contributed by atoms with van der Waals surface area (Å²) in [5, 5.41) is 21.4. The normalized spacial score (nSPS) is 19.1. The van der Waals surface area contributed by atoms with Crippen molar-refractivity contribution in [2.75, 3.05) is 18.1 Å². The van der Waals surface area contributed by atoms with E-state index in [0.29, 0.717) is 0 Å². The van der Waals surface area contributed by atoms with E-state index < -0.39 is 42.4 Å². The molecule has 11 nitrogen and oxygen atoms in total. The van der Waals surface area contributed by atoms with E-state index in [9.17, 15) is 24.0 Å². The van der Waals surface area contributed by atoms with Gasteiger partial charge in [-0.1, -0.05) is 0 Å². The van der Waals surface area contributed by atoms with Crippen molar-refractivity contribution in [1.29, 1.82) is 0 Å². The topological polar surface area (TPSA) is 185 Å². The van der Waals surface area contributed by atoms with Crippen molar-refractivity contribution in [3.8, 4) is 0 Å². The van der Waals surface area contributed by atoms with Crippen LogP contribution < -0.4 is 16.4 Å². The summed E-state index contributed by atoms with van der Waals surface area (Å²) in [6.45, 7) is 1.28. The molecule has 1 unspecified atom stereocenters. The van der Waals surface area contributed by atoms with Gasteiger partial charge >= 0.3 is 17.9 Å². The van der Waals surface area contributed by atoms with Crippen molar-refractivity contribution in [1.82, 2.24) is 10.6 Å². The molecular weight excluding hydrogens is 434 g/mol.